The van der Waals surface area contributed by atoms with E-state index < -0.39 is 5.97 Å². The molecule has 0 fully saturated rings. The summed E-state index contributed by atoms with van der Waals surface area (Å²) in [5.41, 5.74) is 4.58. The number of nitro groups is 1. The highest BCUT2D eigenvalue weighted by molar-refractivity contribution is 6.07. The number of carbonyl (C=O) groups excluding carboxylic acids is 1. The van der Waals surface area contributed by atoms with Gasteiger partial charge in [0, 0.05) is 56.6 Å². The molecule has 11 heteroatoms. The molecule has 198 valence electrons. The first-order chi connectivity index (χ1) is 18.1. The average Bonchev–Trinajstić information content (AvgIpc) is 3.24. The number of esters is 1. The van der Waals surface area contributed by atoms with Crippen LogP contribution in [0.4, 0.5) is 23.0 Å². The molecule has 1 N–H and O–H groups in total. The molecule has 0 aliphatic carbocycles. The number of hydrogen-bond acceptors (Lipinski definition) is 9. The molecule has 2 aromatic heterocycles. The number of likely N-dealkylation sites (N-methyl/N-ethyl adjacent to an activating group) is 2. The van der Waals surface area contributed by atoms with Crippen LogP contribution in [-0.2, 0) is 11.8 Å². The van der Waals surface area contributed by atoms with Crippen molar-refractivity contribution in [2.75, 3.05) is 51.6 Å². The summed E-state index contributed by atoms with van der Waals surface area (Å²) >= 11 is 0. The molecular weight excluding hydrogens is 486 g/mol. The van der Waals surface area contributed by atoms with Crippen LogP contribution >= 0.6 is 0 Å². The highest BCUT2D eigenvalue weighted by atomic mass is 16.6. The van der Waals surface area contributed by atoms with Gasteiger partial charge in [-0.3, -0.25) is 10.1 Å². The maximum absolute atomic E-state index is 12.3. The zero-order valence-corrected chi connectivity index (χ0v) is 22.3. The molecule has 0 amide bonds. The second-order valence-electron chi connectivity index (χ2n) is 9.38. The molecule has 0 bridgehead atoms. The molecule has 0 aliphatic heterocycles. The van der Waals surface area contributed by atoms with Gasteiger partial charge in [0.2, 0.25) is 5.95 Å². The van der Waals surface area contributed by atoms with Gasteiger partial charge < -0.3 is 24.4 Å². The van der Waals surface area contributed by atoms with Gasteiger partial charge in [-0.25, -0.2) is 14.8 Å². The Labute approximate surface area is 220 Å². The minimum absolute atomic E-state index is 0.0000891. The van der Waals surface area contributed by atoms with Gasteiger partial charge in [-0.05, 0) is 44.8 Å². The Balaban J connectivity index is 1.69. The number of anilines is 3. The van der Waals surface area contributed by atoms with Crippen LogP contribution in [0, 0.1) is 17.0 Å². The van der Waals surface area contributed by atoms with Crippen LogP contribution in [0.3, 0.4) is 0 Å². The summed E-state index contributed by atoms with van der Waals surface area (Å²) in [5.74, 6) is -0.115. The number of nitro benzene ring substituents is 1. The molecule has 0 saturated carbocycles. The number of ether oxygens (including phenoxy) is 1. The summed E-state index contributed by atoms with van der Waals surface area (Å²) in [6.07, 6.45) is 3.53. The molecule has 2 heterocycles. The topological polar surface area (TPSA) is 119 Å². The number of hydrogen-bond donors (Lipinski definition) is 1. The minimum Gasteiger partial charge on any atom is -0.465 e. The van der Waals surface area contributed by atoms with Gasteiger partial charge in [0.05, 0.1) is 34.5 Å². The molecule has 4 aromatic rings. The number of methoxy groups -OCH3 is 1. The summed E-state index contributed by atoms with van der Waals surface area (Å²) in [6, 6.07) is 10.6. The first kappa shape index (κ1) is 26.6. The maximum Gasteiger partial charge on any atom is 0.340 e. The minimum atomic E-state index is -0.415. The van der Waals surface area contributed by atoms with Crippen molar-refractivity contribution in [3.8, 4) is 11.3 Å². The van der Waals surface area contributed by atoms with Gasteiger partial charge in [0.15, 0.2) is 0 Å². The van der Waals surface area contributed by atoms with Gasteiger partial charge in [-0.2, -0.15) is 0 Å². The van der Waals surface area contributed by atoms with Crippen molar-refractivity contribution in [3.63, 3.8) is 0 Å². The Morgan fingerprint density at radius 2 is 1.95 bits per heavy atom. The normalized spacial score (nSPS) is 11.1. The van der Waals surface area contributed by atoms with Crippen molar-refractivity contribution in [2.45, 2.75) is 6.92 Å². The van der Waals surface area contributed by atoms with E-state index >= 15 is 0 Å². The number of aromatic nitrogens is 3. The Kier molecular flexibility index (Phi) is 7.58. The van der Waals surface area contributed by atoms with Crippen molar-refractivity contribution in [1.82, 2.24) is 19.4 Å². The van der Waals surface area contributed by atoms with E-state index in [-0.39, 0.29) is 10.6 Å². The highest BCUT2D eigenvalue weighted by Gasteiger charge is 2.21. The summed E-state index contributed by atoms with van der Waals surface area (Å²) in [5, 5.41) is 15.9. The zero-order chi connectivity index (χ0) is 27.6. The zero-order valence-electron chi connectivity index (χ0n) is 22.3. The van der Waals surface area contributed by atoms with Crippen molar-refractivity contribution >= 4 is 39.9 Å². The predicted octanol–water partition coefficient (Wildman–Crippen LogP) is 4.38. The van der Waals surface area contributed by atoms with E-state index in [2.05, 4.69) is 15.3 Å². The molecule has 2 aromatic carbocycles. The smallest absolute Gasteiger partial charge is 0.340 e. The van der Waals surface area contributed by atoms with E-state index in [0.717, 1.165) is 28.6 Å². The number of fused-ring (bicyclic) bond motifs is 1. The van der Waals surface area contributed by atoms with Crippen molar-refractivity contribution in [3.05, 3.63) is 70.0 Å². The molecule has 0 radical (unpaired) electrons. The monoisotopic (exact) mass is 517 g/mol. The number of carbonyl (C=O) groups is 1. The first-order valence-corrected chi connectivity index (χ1v) is 12.0. The average molecular weight is 518 g/mol. The predicted molar refractivity (Wildman–Crippen MR) is 148 cm³/mol. The Morgan fingerprint density at radius 3 is 2.63 bits per heavy atom. The van der Waals surface area contributed by atoms with Gasteiger partial charge in [-0.1, -0.05) is 12.1 Å². The number of nitrogens with one attached hydrogen (secondary N) is 1. The van der Waals surface area contributed by atoms with E-state index in [1.807, 2.05) is 61.7 Å². The van der Waals surface area contributed by atoms with Crippen molar-refractivity contribution in [1.29, 1.82) is 0 Å². The lowest BCUT2D eigenvalue weighted by atomic mass is 10.1. The lowest BCUT2D eigenvalue weighted by molar-refractivity contribution is -0.384. The molecule has 4 rings (SSSR count). The number of rotatable bonds is 9. The van der Waals surface area contributed by atoms with Gasteiger partial charge >= 0.3 is 5.97 Å². The Morgan fingerprint density at radius 1 is 1.18 bits per heavy atom. The van der Waals surface area contributed by atoms with Crippen LogP contribution in [-0.4, -0.2) is 71.7 Å². The second kappa shape index (κ2) is 10.9. The van der Waals surface area contributed by atoms with Crippen molar-refractivity contribution in [2.24, 2.45) is 7.05 Å². The molecule has 11 nitrogen and oxygen atoms in total. The van der Waals surface area contributed by atoms with Crippen LogP contribution in [0.5, 0.6) is 0 Å². The molecule has 38 heavy (non-hydrogen) atoms. The molecule has 0 aliphatic rings. The standard InChI is InChI=1S/C27H31N7O4/c1-17-14-23(32(4)13-12-31(2)3)24(34(36)37)15-22(17)30-27-28-11-10-21(29-27)20-16-33(5)25-18(20)8-7-9-19(25)26(35)38-6/h7-11,14-16H,12-13H2,1-6H3,(H,28,29,30). The van der Waals surface area contributed by atoms with Crippen LogP contribution in [0.15, 0.2) is 48.8 Å². The van der Waals surface area contributed by atoms with E-state index in [1.165, 1.54) is 13.2 Å². The van der Waals surface area contributed by atoms with E-state index in [0.29, 0.717) is 35.1 Å². The summed E-state index contributed by atoms with van der Waals surface area (Å²) in [6.45, 7) is 3.30. The van der Waals surface area contributed by atoms with E-state index in [4.69, 9.17) is 4.74 Å². The fourth-order valence-electron chi connectivity index (χ4n) is 4.38. The number of aryl methyl sites for hydroxylation is 2. The molecule has 0 spiro atoms. The number of nitrogens with zero attached hydrogens (tertiary/aromatic N) is 6. The molecule has 0 saturated heterocycles. The first-order valence-electron chi connectivity index (χ1n) is 12.0. The third kappa shape index (κ3) is 5.28. The third-order valence-corrected chi connectivity index (χ3v) is 6.40. The molecule has 0 unspecified atom stereocenters. The molecule has 0 atom stereocenters. The lowest BCUT2D eigenvalue weighted by Gasteiger charge is -2.22. The van der Waals surface area contributed by atoms with E-state index in [9.17, 15) is 14.9 Å². The van der Waals surface area contributed by atoms with Crippen LogP contribution in [0.25, 0.3) is 22.2 Å². The van der Waals surface area contributed by atoms with Gasteiger partial charge in [0.1, 0.15) is 5.69 Å². The van der Waals surface area contributed by atoms with E-state index in [1.54, 1.807) is 30.5 Å². The fraction of sp³-hybridized carbons (Fsp3) is 0.296. The number of para-hydroxylation sites is 1. The van der Waals surface area contributed by atoms with Crippen molar-refractivity contribution < 1.29 is 14.5 Å². The maximum atomic E-state index is 12.3. The summed E-state index contributed by atoms with van der Waals surface area (Å²) < 4.78 is 6.81. The summed E-state index contributed by atoms with van der Waals surface area (Å²) in [7, 11) is 8.99. The summed E-state index contributed by atoms with van der Waals surface area (Å²) in [4.78, 5) is 36.8. The highest BCUT2D eigenvalue weighted by Crippen LogP contribution is 2.35. The largest absolute Gasteiger partial charge is 0.465 e. The Hall–Kier alpha value is -4.51. The third-order valence-electron chi connectivity index (χ3n) is 6.40. The lowest BCUT2D eigenvalue weighted by Crippen LogP contribution is -2.29. The van der Waals surface area contributed by atoms with Crippen LogP contribution < -0.4 is 10.2 Å². The van der Waals surface area contributed by atoms with Crippen LogP contribution in [0.1, 0.15) is 15.9 Å². The van der Waals surface area contributed by atoms with Crippen LogP contribution in [0.2, 0.25) is 0 Å². The van der Waals surface area contributed by atoms with Gasteiger partial charge in [-0.15, -0.1) is 0 Å². The van der Waals surface area contributed by atoms with Gasteiger partial charge in [0.25, 0.3) is 5.69 Å². The quantitative estimate of drug-likeness (QED) is 0.196. The number of benzene rings is 2. The second-order valence-corrected chi connectivity index (χ2v) is 9.38. The molecular formula is C27H31N7O4. The Bertz CT molecular complexity index is 1510. The SMILES string of the molecule is COC(=O)c1cccc2c(-c3ccnc(Nc4cc([N+](=O)[O-])c(N(C)CCN(C)C)cc4C)n3)cn(C)c12. The fourth-order valence-corrected chi connectivity index (χ4v) is 4.38.